The molecule has 0 unspecified atom stereocenters. The van der Waals surface area contributed by atoms with Gasteiger partial charge in [-0.05, 0) is 36.8 Å². The van der Waals surface area contributed by atoms with Gasteiger partial charge in [-0.2, -0.15) is 5.10 Å². The number of ether oxygens (including phenoxy) is 1. The van der Waals surface area contributed by atoms with E-state index in [4.69, 9.17) is 9.84 Å². The van der Waals surface area contributed by atoms with E-state index >= 15 is 0 Å². The van der Waals surface area contributed by atoms with Gasteiger partial charge in [-0.15, -0.1) is 0 Å². The summed E-state index contributed by atoms with van der Waals surface area (Å²) in [6.45, 7) is 4.59. The van der Waals surface area contributed by atoms with Gasteiger partial charge in [0.2, 0.25) is 0 Å². The van der Waals surface area contributed by atoms with Crippen LogP contribution in [0.25, 0.3) is 16.9 Å². The summed E-state index contributed by atoms with van der Waals surface area (Å²) in [4.78, 5) is 2.20. The molecule has 0 radical (unpaired) electrons. The average Bonchev–Trinajstić information content (AvgIpc) is 3.12. The number of aromatic nitrogens is 2. The Balaban J connectivity index is 1.74. The first kappa shape index (κ1) is 18.8. The Hall–Kier alpha value is -2.54. The molecule has 4 rings (SSSR count). The van der Waals surface area contributed by atoms with Crippen molar-refractivity contribution in [2.24, 2.45) is 0 Å². The summed E-state index contributed by atoms with van der Waals surface area (Å²) in [5.74, 6) is -0.284. The molecule has 2 heterocycles. The van der Waals surface area contributed by atoms with Gasteiger partial charge < -0.3 is 9.84 Å². The summed E-state index contributed by atoms with van der Waals surface area (Å²) in [7, 11) is 0. The van der Waals surface area contributed by atoms with Crippen LogP contribution in [0, 0.1) is 12.7 Å². The van der Waals surface area contributed by atoms with E-state index in [1.54, 1.807) is 6.07 Å². The third-order valence-electron chi connectivity index (χ3n) is 5.09. The molecule has 5 nitrogen and oxygen atoms in total. The number of nitrogens with zero attached hydrogens (tertiary/aromatic N) is 3. The number of morpholine rings is 1. The molecular weight excluding hydrogens is 357 g/mol. The number of aryl methyl sites for hydroxylation is 1. The monoisotopic (exact) mass is 381 g/mol. The number of halogens is 1. The maximum Gasteiger partial charge on any atom is 0.123 e. The largest absolute Gasteiger partial charge is 0.395 e. The van der Waals surface area contributed by atoms with E-state index in [0.29, 0.717) is 19.8 Å². The zero-order valence-electron chi connectivity index (χ0n) is 15.9. The Morgan fingerprint density at radius 3 is 2.86 bits per heavy atom. The molecule has 0 amide bonds. The smallest absolute Gasteiger partial charge is 0.123 e. The highest BCUT2D eigenvalue weighted by Crippen LogP contribution is 2.27. The van der Waals surface area contributed by atoms with Gasteiger partial charge >= 0.3 is 0 Å². The van der Waals surface area contributed by atoms with Gasteiger partial charge in [0.05, 0.1) is 37.2 Å². The quantitative estimate of drug-likeness (QED) is 0.738. The molecule has 1 aliphatic heterocycles. The van der Waals surface area contributed by atoms with E-state index in [2.05, 4.69) is 11.0 Å². The van der Waals surface area contributed by atoms with Crippen molar-refractivity contribution < 1.29 is 14.2 Å². The van der Waals surface area contributed by atoms with Crippen LogP contribution in [0.2, 0.25) is 0 Å². The van der Waals surface area contributed by atoms with E-state index < -0.39 is 0 Å². The standard InChI is InChI=1S/C22H24FN3O2/c1-16-4-2-7-20(10-16)26-13-18(12-25-8-9-28-15-21(25)14-27)22(24-26)17-5-3-6-19(23)11-17/h2-7,10-11,13,21,27H,8-9,12,14-15H2,1H3/t21-/m1/s1. The first-order valence-corrected chi connectivity index (χ1v) is 9.48. The van der Waals surface area contributed by atoms with Crippen LogP contribution in [0.3, 0.4) is 0 Å². The zero-order valence-corrected chi connectivity index (χ0v) is 15.9. The first-order chi connectivity index (χ1) is 13.6. The minimum Gasteiger partial charge on any atom is -0.395 e. The van der Waals surface area contributed by atoms with Crippen LogP contribution in [-0.4, -0.2) is 52.2 Å². The fourth-order valence-electron chi connectivity index (χ4n) is 3.59. The van der Waals surface area contributed by atoms with Crippen molar-refractivity contribution in [3.05, 3.63) is 71.7 Å². The lowest BCUT2D eigenvalue weighted by Gasteiger charge is -2.34. The molecule has 2 aromatic carbocycles. The molecule has 3 aromatic rings. The Morgan fingerprint density at radius 2 is 2.07 bits per heavy atom. The van der Waals surface area contributed by atoms with Crippen molar-refractivity contribution in [3.63, 3.8) is 0 Å². The summed E-state index contributed by atoms with van der Waals surface area (Å²) >= 11 is 0. The number of aliphatic hydroxyl groups excluding tert-OH is 1. The fourth-order valence-corrected chi connectivity index (χ4v) is 3.59. The molecule has 1 N–H and O–H groups in total. The Labute approximate surface area is 164 Å². The average molecular weight is 381 g/mol. The molecule has 1 fully saturated rings. The summed E-state index contributed by atoms with van der Waals surface area (Å²) in [5, 5.41) is 14.5. The molecule has 0 bridgehead atoms. The van der Waals surface area contributed by atoms with Crippen LogP contribution in [0.5, 0.6) is 0 Å². The molecule has 28 heavy (non-hydrogen) atoms. The molecule has 1 aromatic heterocycles. The van der Waals surface area contributed by atoms with Crippen molar-refractivity contribution in [1.29, 1.82) is 0 Å². The van der Waals surface area contributed by atoms with Crippen molar-refractivity contribution in [1.82, 2.24) is 14.7 Å². The maximum atomic E-state index is 13.8. The van der Waals surface area contributed by atoms with Crippen LogP contribution < -0.4 is 0 Å². The first-order valence-electron chi connectivity index (χ1n) is 9.48. The van der Waals surface area contributed by atoms with Crippen molar-refractivity contribution in [2.75, 3.05) is 26.4 Å². The second-order valence-electron chi connectivity index (χ2n) is 7.18. The zero-order chi connectivity index (χ0) is 19.5. The molecule has 1 aliphatic rings. The molecule has 0 spiro atoms. The van der Waals surface area contributed by atoms with Crippen LogP contribution in [0.1, 0.15) is 11.1 Å². The van der Waals surface area contributed by atoms with Crippen LogP contribution in [-0.2, 0) is 11.3 Å². The molecule has 0 saturated carbocycles. The molecular formula is C22H24FN3O2. The second kappa shape index (κ2) is 8.22. The lowest BCUT2D eigenvalue weighted by molar-refractivity contribution is -0.0312. The van der Waals surface area contributed by atoms with Crippen molar-refractivity contribution >= 4 is 0 Å². The van der Waals surface area contributed by atoms with Crippen LogP contribution >= 0.6 is 0 Å². The summed E-state index contributed by atoms with van der Waals surface area (Å²) in [5.41, 5.74) is 4.60. The SMILES string of the molecule is Cc1cccc(-n2cc(CN3CCOC[C@H]3CO)c(-c3cccc(F)c3)n2)c1. The van der Waals surface area contributed by atoms with Crippen molar-refractivity contribution in [2.45, 2.75) is 19.5 Å². The summed E-state index contributed by atoms with van der Waals surface area (Å²) < 4.78 is 21.2. The van der Waals surface area contributed by atoms with E-state index in [0.717, 1.165) is 34.6 Å². The molecule has 0 aliphatic carbocycles. The summed E-state index contributed by atoms with van der Waals surface area (Å²) in [6, 6.07) is 14.6. The highest BCUT2D eigenvalue weighted by molar-refractivity contribution is 5.63. The fraction of sp³-hybridized carbons (Fsp3) is 0.318. The van der Waals surface area contributed by atoms with E-state index in [9.17, 15) is 9.50 Å². The number of rotatable bonds is 5. The lowest BCUT2D eigenvalue weighted by Crippen LogP contribution is -2.46. The van der Waals surface area contributed by atoms with Gasteiger partial charge in [0.25, 0.3) is 0 Å². The van der Waals surface area contributed by atoms with Crippen LogP contribution in [0.15, 0.2) is 54.7 Å². The normalized spacial score (nSPS) is 17.8. The minimum absolute atomic E-state index is 0.0430. The Morgan fingerprint density at radius 1 is 1.21 bits per heavy atom. The second-order valence-corrected chi connectivity index (χ2v) is 7.18. The van der Waals surface area contributed by atoms with Gasteiger partial charge in [-0.1, -0.05) is 24.3 Å². The van der Waals surface area contributed by atoms with Gasteiger partial charge in [0, 0.05) is 30.4 Å². The Bertz CT molecular complexity index is 956. The van der Waals surface area contributed by atoms with Crippen molar-refractivity contribution in [3.8, 4) is 16.9 Å². The lowest BCUT2D eigenvalue weighted by atomic mass is 10.1. The molecule has 6 heteroatoms. The molecule has 1 saturated heterocycles. The maximum absolute atomic E-state index is 13.8. The minimum atomic E-state index is -0.284. The number of hydrogen-bond acceptors (Lipinski definition) is 4. The number of hydrogen-bond donors (Lipinski definition) is 1. The molecule has 146 valence electrons. The highest BCUT2D eigenvalue weighted by Gasteiger charge is 2.24. The molecule has 1 atom stereocenters. The van der Waals surface area contributed by atoms with Gasteiger partial charge in [0.15, 0.2) is 0 Å². The predicted molar refractivity (Wildman–Crippen MR) is 106 cm³/mol. The van der Waals surface area contributed by atoms with E-state index in [-0.39, 0.29) is 18.5 Å². The van der Waals surface area contributed by atoms with Gasteiger partial charge in [-0.25, -0.2) is 9.07 Å². The highest BCUT2D eigenvalue weighted by atomic mass is 19.1. The third kappa shape index (κ3) is 3.99. The van der Waals surface area contributed by atoms with Gasteiger partial charge in [0.1, 0.15) is 5.82 Å². The van der Waals surface area contributed by atoms with E-state index in [1.165, 1.54) is 12.1 Å². The summed E-state index contributed by atoms with van der Waals surface area (Å²) in [6.07, 6.45) is 2.00. The predicted octanol–water partition coefficient (Wildman–Crippen LogP) is 3.18. The van der Waals surface area contributed by atoms with Crippen LogP contribution in [0.4, 0.5) is 4.39 Å². The van der Waals surface area contributed by atoms with E-state index in [1.807, 2.05) is 42.1 Å². The topological polar surface area (TPSA) is 50.5 Å². The third-order valence-corrected chi connectivity index (χ3v) is 5.09. The number of aliphatic hydroxyl groups is 1. The van der Waals surface area contributed by atoms with Gasteiger partial charge in [-0.3, -0.25) is 4.90 Å². The number of benzene rings is 2. The Kier molecular flexibility index (Phi) is 5.52.